The van der Waals surface area contributed by atoms with E-state index < -0.39 is 0 Å². The van der Waals surface area contributed by atoms with Crippen molar-refractivity contribution in [2.45, 2.75) is 32.1 Å². The average Bonchev–Trinajstić information content (AvgIpc) is 2.41. The van der Waals surface area contributed by atoms with Crippen molar-refractivity contribution in [3.8, 4) is 0 Å². The summed E-state index contributed by atoms with van der Waals surface area (Å²) < 4.78 is 0. The molecule has 0 heterocycles. The van der Waals surface area contributed by atoms with Crippen molar-refractivity contribution in [2.75, 3.05) is 0 Å². The highest BCUT2D eigenvalue weighted by Crippen LogP contribution is 2.27. The Kier molecular flexibility index (Phi) is 3.28. The topological polar surface area (TPSA) is 0 Å². The minimum absolute atomic E-state index is 0.955. The second-order valence-electron chi connectivity index (χ2n) is 3.01. The van der Waals surface area contributed by atoms with Crippen LogP contribution >= 0.6 is 0 Å². The summed E-state index contributed by atoms with van der Waals surface area (Å²) in [5, 5.41) is 0. The van der Waals surface area contributed by atoms with E-state index in [4.69, 9.17) is 6.58 Å². The molecule has 0 unspecified atom stereocenters. The van der Waals surface area contributed by atoms with E-state index in [1.54, 1.807) is 6.08 Å². The van der Waals surface area contributed by atoms with E-state index in [1.807, 2.05) is 6.08 Å². The van der Waals surface area contributed by atoms with Crippen LogP contribution < -0.4 is 0 Å². The first-order valence-electron chi connectivity index (χ1n) is 4.13. The van der Waals surface area contributed by atoms with Crippen molar-refractivity contribution in [1.29, 1.82) is 0 Å². The van der Waals surface area contributed by atoms with E-state index in [1.165, 1.54) is 32.1 Å². The van der Waals surface area contributed by atoms with Crippen LogP contribution in [0.15, 0.2) is 18.2 Å². The quantitative estimate of drug-likeness (QED) is 0.521. The van der Waals surface area contributed by atoms with E-state index in [0.717, 1.165) is 5.92 Å². The molecule has 1 aliphatic carbocycles. The predicted molar refractivity (Wildman–Crippen MR) is 44.6 cm³/mol. The lowest BCUT2D eigenvalue weighted by Crippen LogP contribution is -1.88. The molecular formula is C10H15. The van der Waals surface area contributed by atoms with Gasteiger partial charge in [0.05, 0.1) is 0 Å². The van der Waals surface area contributed by atoms with Gasteiger partial charge in [-0.3, -0.25) is 0 Å². The lowest BCUT2D eigenvalue weighted by molar-refractivity contribution is 0.558. The summed E-state index contributed by atoms with van der Waals surface area (Å²) in [7, 11) is 0. The van der Waals surface area contributed by atoms with Gasteiger partial charge in [-0.05, 0) is 12.3 Å². The fourth-order valence-corrected chi connectivity index (χ4v) is 1.60. The van der Waals surface area contributed by atoms with Gasteiger partial charge in [0.1, 0.15) is 0 Å². The molecule has 1 saturated carbocycles. The van der Waals surface area contributed by atoms with Gasteiger partial charge in [0.2, 0.25) is 0 Å². The maximum atomic E-state index is 5.20. The highest BCUT2D eigenvalue weighted by Gasteiger charge is 2.12. The molecule has 0 N–H and O–H groups in total. The van der Waals surface area contributed by atoms with Crippen molar-refractivity contribution in [3.05, 3.63) is 24.8 Å². The minimum Gasteiger partial charge on any atom is -0.0843 e. The van der Waals surface area contributed by atoms with Crippen LogP contribution in [0.2, 0.25) is 0 Å². The summed E-state index contributed by atoms with van der Waals surface area (Å²) in [5.74, 6) is 0.955. The zero-order chi connectivity index (χ0) is 7.23. The van der Waals surface area contributed by atoms with Crippen molar-refractivity contribution < 1.29 is 0 Å². The summed E-state index contributed by atoms with van der Waals surface area (Å²) in [4.78, 5) is 0. The smallest absolute Gasteiger partial charge is 0.0319 e. The van der Waals surface area contributed by atoms with Gasteiger partial charge in [-0.2, -0.15) is 0 Å². The van der Waals surface area contributed by atoms with E-state index in [9.17, 15) is 0 Å². The molecule has 10 heavy (non-hydrogen) atoms. The molecule has 1 radical (unpaired) electrons. The standard InChI is InChI=1S/C10H15/c1-2-3-4-7-10-8-5-6-9-10/h1-4,10H,5-9H2/b2-1?,4-3+. The van der Waals surface area contributed by atoms with Crippen molar-refractivity contribution in [1.82, 2.24) is 0 Å². The van der Waals surface area contributed by atoms with Crippen LogP contribution in [0.1, 0.15) is 32.1 Å². The van der Waals surface area contributed by atoms with E-state index in [0.29, 0.717) is 0 Å². The second-order valence-corrected chi connectivity index (χ2v) is 3.01. The molecule has 0 aromatic carbocycles. The summed E-state index contributed by atoms with van der Waals surface area (Å²) in [6.45, 7) is 5.20. The van der Waals surface area contributed by atoms with Gasteiger partial charge in [-0.25, -0.2) is 0 Å². The first-order valence-corrected chi connectivity index (χ1v) is 4.13. The van der Waals surface area contributed by atoms with Gasteiger partial charge >= 0.3 is 0 Å². The van der Waals surface area contributed by atoms with Crippen LogP contribution in [-0.4, -0.2) is 0 Å². The molecule has 0 saturated heterocycles. The molecule has 1 fully saturated rings. The van der Waals surface area contributed by atoms with Gasteiger partial charge in [0.15, 0.2) is 0 Å². The Morgan fingerprint density at radius 2 is 2.00 bits per heavy atom. The molecule has 0 bridgehead atoms. The Morgan fingerprint density at radius 1 is 1.30 bits per heavy atom. The third-order valence-corrected chi connectivity index (χ3v) is 2.19. The molecule has 1 aliphatic rings. The zero-order valence-corrected chi connectivity index (χ0v) is 6.42. The lowest BCUT2D eigenvalue weighted by atomic mass is 10.0. The van der Waals surface area contributed by atoms with Crippen molar-refractivity contribution >= 4 is 0 Å². The first kappa shape index (κ1) is 7.59. The zero-order valence-electron chi connectivity index (χ0n) is 6.42. The molecule has 0 spiro atoms. The third-order valence-electron chi connectivity index (χ3n) is 2.19. The summed E-state index contributed by atoms with van der Waals surface area (Å²) in [6, 6.07) is 0. The molecule has 0 atom stereocenters. The predicted octanol–water partition coefficient (Wildman–Crippen LogP) is 3.11. The fourth-order valence-electron chi connectivity index (χ4n) is 1.60. The van der Waals surface area contributed by atoms with Gasteiger partial charge in [0, 0.05) is 0 Å². The van der Waals surface area contributed by atoms with E-state index in [2.05, 4.69) is 6.08 Å². The largest absolute Gasteiger partial charge is 0.0843 e. The second kappa shape index (κ2) is 4.32. The molecule has 0 heteroatoms. The van der Waals surface area contributed by atoms with Crippen LogP contribution in [0.25, 0.3) is 0 Å². The van der Waals surface area contributed by atoms with Crippen LogP contribution in [0.3, 0.4) is 0 Å². The third kappa shape index (κ3) is 2.38. The normalized spacial score (nSPS) is 20.4. The van der Waals surface area contributed by atoms with E-state index >= 15 is 0 Å². The van der Waals surface area contributed by atoms with Crippen LogP contribution in [0, 0.1) is 12.5 Å². The minimum atomic E-state index is 0.955. The molecule has 0 nitrogen and oxygen atoms in total. The molecular weight excluding hydrogens is 120 g/mol. The number of rotatable bonds is 3. The van der Waals surface area contributed by atoms with Gasteiger partial charge in [-0.15, -0.1) is 0 Å². The Hall–Kier alpha value is -0.520. The van der Waals surface area contributed by atoms with Crippen molar-refractivity contribution in [2.24, 2.45) is 5.92 Å². The molecule has 0 aliphatic heterocycles. The Labute approximate surface area is 63.6 Å². The Morgan fingerprint density at radius 3 is 2.60 bits per heavy atom. The summed E-state index contributed by atoms with van der Waals surface area (Å²) in [5.41, 5.74) is 0. The Balaban J connectivity index is 2.12. The first-order chi connectivity index (χ1) is 4.93. The number of hydrogen-bond acceptors (Lipinski definition) is 0. The SMILES string of the molecule is [CH]=C/C=C/CC1CCCC1. The average molecular weight is 135 g/mol. The van der Waals surface area contributed by atoms with Crippen molar-refractivity contribution in [3.63, 3.8) is 0 Å². The van der Waals surface area contributed by atoms with Gasteiger partial charge < -0.3 is 0 Å². The molecule has 0 aromatic rings. The highest BCUT2D eigenvalue weighted by atomic mass is 14.2. The molecule has 55 valence electrons. The molecule has 1 rings (SSSR count). The van der Waals surface area contributed by atoms with Crippen LogP contribution in [-0.2, 0) is 0 Å². The number of allylic oxidation sites excluding steroid dienone is 3. The molecule has 0 aromatic heterocycles. The van der Waals surface area contributed by atoms with Gasteiger partial charge in [-0.1, -0.05) is 50.5 Å². The van der Waals surface area contributed by atoms with Crippen LogP contribution in [0.5, 0.6) is 0 Å². The highest BCUT2D eigenvalue weighted by molar-refractivity contribution is 4.96. The monoisotopic (exact) mass is 135 g/mol. The maximum absolute atomic E-state index is 5.20. The molecule has 0 amide bonds. The van der Waals surface area contributed by atoms with Crippen LogP contribution in [0.4, 0.5) is 0 Å². The number of hydrogen-bond donors (Lipinski definition) is 0. The van der Waals surface area contributed by atoms with Gasteiger partial charge in [0.25, 0.3) is 0 Å². The maximum Gasteiger partial charge on any atom is -0.0319 e. The summed E-state index contributed by atoms with van der Waals surface area (Å²) in [6.07, 6.45) is 12.7. The lowest BCUT2D eigenvalue weighted by Gasteiger charge is -2.01. The Bertz CT molecular complexity index is 116. The van der Waals surface area contributed by atoms with E-state index in [-0.39, 0.29) is 0 Å². The summed E-state index contributed by atoms with van der Waals surface area (Å²) >= 11 is 0. The fraction of sp³-hybridized carbons (Fsp3) is 0.600.